The van der Waals surface area contributed by atoms with E-state index in [1.807, 2.05) is 4.68 Å². The summed E-state index contributed by atoms with van der Waals surface area (Å²) in [6.07, 6.45) is 2.68. The van der Waals surface area contributed by atoms with Crippen LogP contribution in [0.2, 0.25) is 0 Å². The minimum atomic E-state index is 0.154. The fourth-order valence-corrected chi connectivity index (χ4v) is 3.41. The van der Waals surface area contributed by atoms with E-state index in [-0.39, 0.29) is 6.61 Å². The summed E-state index contributed by atoms with van der Waals surface area (Å²) in [4.78, 5) is 2.56. The van der Waals surface area contributed by atoms with Crippen molar-refractivity contribution in [1.82, 2.24) is 14.7 Å². The van der Waals surface area contributed by atoms with E-state index in [0.717, 1.165) is 24.1 Å². The van der Waals surface area contributed by atoms with E-state index >= 15 is 0 Å². The number of aliphatic hydroxyl groups excluding tert-OH is 1. The largest absolute Gasteiger partial charge is 0.394 e. The zero-order chi connectivity index (χ0) is 14.7. The number of aliphatic hydroxyl groups is 1. The maximum absolute atomic E-state index is 9.08. The van der Waals surface area contributed by atoms with E-state index in [9.17, 15) is 0 Å². The van der Waals surface area contributed by atoms with Crippen molar-refractivity contribution >= 4 is 0 Å². The van der Waals surface area contributed by atoms with Crippen molar-refractivity contribution in [2.45, 2.75) is 53.6 Å². The predicted molar refractivity (Wildman–Crippen MR) is 81.6 cm³/mol. The molecule has 2 heterocycles. The van der Waals surface area contributed by atoms with Crippen LogP contribution in [0.25, 0.3) is 0 Å². The highest BCUT2D eigenvalue weighted by atomic mass is 16.3. The summed E-state index contributed by atoms with van der Waals surface area (Å²) in [5.41, 5.74) is 3.68. The number of hydrogen-bond donors (Lipinski definition) is 1. The van der Waals surface area contributed by atoms with E-state index in [2.05, 4.69) is 37.7 Å². The second-order valence-corrected chi connectivity index (χ2v) is 6.62. The quantitative estimate of drug-likeness (QED) is 0.869. The van der Waals surface area contributed by atoms with Gasteiger partial charge in [-0.3, -0.25) is 9.58 Å². The van der Waals surface area contributed by atoms with Gasteiger partial charge < -0.3 is 5.11 Å². The fourth-order valence-electron chi connectivity index (χ4n) is 3.41. The molecule has 0 spiro atoms. The van der Waals surface area contributed by atoms with Gasteiger partial charge >= 0.3 is 0 Å². The van der Waals surface area contributed by atoms with Crippen molar-refractivity contribution in [2.75, 3.05) is 19.7 Å². The molecule has 1 fully saturated rings. The Morgan fingerprint density at radius 1 is 1.35 bits per heavy atom. The molecule has 0 radical (unpaired) electrons. The molecule has 1 unspecified atom stereocenters. The number of aromatic nitrogens is 2. The van der Waals surface area contributed by atoms with Crippen molar-refractivity contribution < 1.29 is 5.11 Å². The number of nitrogens with zero attached hydrogens (tertiary/aromatic N) is 3. The number of likely N-dealkylation sites (tertiary alicyclic amines) is 1. The fraction of sp³-hybridized carbons (Fsp3) is 0.812. The Morgan fingerprint density at radius 2 is 2.10 bits per heavy atom. The Hall–Kier alpha value is -0.870. The molecule has 1 atom stereocenters. The van der Waals surface area contributed by atoms with Crippen molar-refractivity contribution in [3.8, 4) is 0 Å². The van der Waals surface area contributed by atoms with Crippen LogP contribution in [-0.2, 0) is 13.1 Å². The minimum Gasteiger partial charge on any atom is -0.394 e. The lowest BCUT2D eigenvalue weighted by atomic mass is 9.97. The first kappa shape index (κ1) is 15.5. The van der Waals surface area contributed by atoms with Crippen molar-refractivity contribution in [3.05, 3.63) is 17.0 Å². The Bertz CT molecular complexity index is 439. The first-order chi connectivity index (χ1) is 9.51. The van der Waals surface area contributed by atoms with E-state index < -0.39 is 0 Å². The van der Waals surface area contributed by atoms with Crippen LogP contribution in [0.5, 0.6) is 0 Å². The van der Waals surface area contributed by atoms with E-state index in [4.69, 9.17) is 5.11 Å². The first-order valence-electron chi connectivity index (χ1n) is 7.87. The summed E-state index contributed by atoms with van der Waals surface area (Å²) < 4.78 is 1.94. The molecule has 1 aliphatic heterocycles. The van der Waals surface area contributed by atoms with E-state index in [0.29, 0.717) is 6.54 Å². The van der Waals surface area contributed by atoms with Gasteiger partial charge in [0.2, 0.25) is 0 Å². The van der Waals surface area contributed by atoms with Crippen LogP contribution in [0.3, 0.4) is 0 Å². The Morgan fingerprint density at radius 3 is 2.75 bits per heavy atom. The summed E-state index contributed by atoms with van der Waals surface area (Å²) in [6, 6.07) is 0. The topological polar surface area (TPSA) is 41.3 Å². The Labute approximate surface area is 122 Å². The second-order valence-electron chi connectivity index (χ2n) is 6.62. The molecule has 20 heavy (non-hydrogen) atoms. The molecule has 2 rings (SSSR count). The highest BCUT2D eigenvalue weighted by molar-refractivity contribution is 5.24. The van der Waals surface area contributed by atoms with Gasteiger partial charge in [0, 0.05) is 24.3 Å². The Kier molecular flexibility index (Phi) is 5.22. The molecule has 1 N–H and O–H groups in total. The van der Waals surface area contributed by atoms with Crippen molar-refractivity contribution in [2.24, 2.45) is 11.8 Å². The molecule has 0 bridgehead atoms. The molecule has 1 aromatic rings. The first-order valence-corrected chi connectivity index (χ1v) is 7.87. The number of aryl methyl sites for hydroxylation is 1. The van der Waals surface area contributed by atoms with Crippen LogP contribution >= 0.6 is 0 Å². The summed E-state index contributed by atoms with van der Waals surface area (Å²) in [5.74, 6) is 1.67. The molecule has 1 aromatic heterocycles. The number of rotatable bonds is 6. The SMILES string of the molecule is Cc1nn(CCO)c(C)c1CN1CCC(CC(C)C)C1. The van der Waals surface area contributed by atoms with Gasteiger partial charge in [-0.05, 0) is 45.1 Å². The molecule has 4 heteroatoms. The van der Waals surface area contributed by atoms with Gasteiger partial charge in [0.05, 0.1) is 18.8 Å². The normalized spacial score (nSPS) is 20.2. The molecule has 0 aromatic carbocycles. The van der Waals surface area contributed by atoms with Crippen LogP contribution in [0.4, 0.5) is 0 Å². The third-order valence-corrected chi connectivity index (χ3v) is 4.40. The van der Waals surface area contributed by atoms with Crippen LogP contribution in [0.15, 0.2) is 0 Å². The molecular formula is C16H29N3O. The summed E-state index contributed by atoms with van der Waals surface area (Å²) in [5, 5.41) is 13.6. The minimum absolute atomic E-state index is 0.154. The maximum atomic E-state index is 9.08. The maximum Gasteiger partial charge on any atom is 0.0644 e. The van der Waals surface area contributed by atoms with E-state index in [1.54, 1.807) is 0 Å². The van der Waals surface area contributed by atoms with Gasteiger partial charge in [0.15, 0.2) is 0 Å². The molecular weight excluding hydrogens is 250 g/mol. The van der Waals surface area contributed by atoms with Gasteiger partial charge in [-0.25, -0.2) is 0 Å². The van der Waals surface area contributed by atoms with Gasteiger partial charge in [0.25, 0.3) is 0 Å². The van der Waals surface area contributed by atoms with Crippen LogP contribution in [0, 0.1) is 25.7 Å². The lowest BCUT2D eigenvalue weighted by molar-refractivity contribution is 0.267. The average molecular weight is 279 g/mol. The van der Waals surface area contributed by atoms with Crippen LogP contribution in [-0.4, -0.2) is 39.5 Å². The highest BCUT2D eigenvalue weighted by Crippen LogP contribution is 2.26. The predicted octanol–water partition coefficient (Wildman–Crippen LogP) is 2.36. The monoisotopic (exact) mass is 279 g/mol. The summed E-state index contributed by atoms with van der Waals surface area (Å²) in [6.45, 7) is 13.0. The Balaban J connectivity index is 1.97. The lowest BCUT2D eigenvalue weighted by Gasteiger charge is -2.17. The zero-order valence-electron chi connectivity index (χ0n) is 13.4. The van der Waals surface area contributed by atoms with Crippen LogP contribution in [0.1, 0.15) is 43.6 Å². The standard InChI is InChI=1S/C16H29N3O/c1-12(2)9-15-5-6-18(10-15)11-16-13(3)17-19(7-8-20)14(16)4/h12,15,20H,5-11H2,1-4H3. The molecule has 0 saturated carbocycles. The second kappa shape index (κ2) is 6.72. The third-order valence-electron chi connectivity index (χ3n) is 4.40. The third kappa shape index (κ3) is 3.61. The van der Waals surface area contributed by atoms with E-state index in [1.165, 1.54) is 37.2 Å². The van der Waals surface area contributed by atoms with Crippen LogP contribution < -0.4 is 0 Å². The van der Waals surface area contributed by atoms with Gasteiger partial charge in [0.1, 0.15) is 0 Å². The molecule has 1 saturated heterocycles. The summed E-state index contributed by atoms with van der Waals surface area (Å²) >= 11 is 0. The summed E-state index contributed by atoms with van der Waals surface area (Å²) in [7, 11) is 0. The smallest absolute Gasteiger partial charge is 0.0644 e. The molecule has 114 valence electrons. The van der Waals surface area contributed by atoms with Crippen molar-refractivity contribution in [3.63, 3.8) is 0 Å². The molecule has 0 amide bonds. The van der Waals surface area contributed by atoms with Crippen molar-refractivity contribution in [1.29, 1.82) is 0 Å². The molecule has 1 aliphatic rings. The lowest BCUT2D eigenvalue weighted by Crippen LogP contribution is -2.21. The molecule has 0 aliphatic carbocycles. The number of hydrogen-bond acceptors (Lipinski definition) is 3. The van der Waals surface area contributed by atoms with Gasteiger partial charge in [-0.1, -0.05) is 13.8 Å². The highest BCUT2D eigenvalue weighted by Gasteiger charge is 2.24. The zero-order valence-corrected chi connectivity index (χ0v) is 13.4. The molecule has 4 nitrogen and oxygen atoms in total. The van der Waals surface area contributed by atoms with Gasteiger partial charge in [-0.15, -0.1) is 0 Å². The average Bonchev–Trinajstić information content (AvgIpc) is 2.90. The van der Waals surface area contributed by atoms with Gasteiger partial charge in [-0.2, -0.15) is 5.10 Å².